The van der Waals surface area contributed by atoms with Gasteiger partial charge in [0.15, 0.2) is 0 Å². The predicted octanol–water partition coefficient (Wildman–Crippen LogP) is 5.65. The van der Waals surface area contributed by atoms with Crippen LogP contribution in [0.2, 0.25) is 0 Å². The molecule has 8 heteroatoms. The van der Waals surface area contributed by atoms with E-state index in [1.54, 1.807) is 0 Å². The number of hydrogen-bond acceptors (Lipinski definition) is 4. The van der Waals surface area contributed by atoms with Gasteiger partial charge in [-0.05, 0) is 44.4 Å². The first-order valence-corrected chi connectivity index (χ1v) is 9.50. The average Bonchev–Trinajstić information content (AvgIpc) is 2.64. The summed E-state index contributed by atoms with van der Waals surface area (Å²) >= 11 is 0. The van der Waals surface area contributed by atoms with Crippen LogP contribution in [0.4, 0.5) is 17.6 Å². The maximum atomic E-state index is 14.4. The molecule has 2 aromatic heterocycles. The lowest BCUT2D eigenvalue weighted by Crippen LogP contribution is -2.35. The van der Waals surface area contributed by atoms with Gasteiger partial charge in [-0.1, -0.05) is 6.92 Å². The Labute approximate surface area is 172 Å². The topological polar surface area (TPSA) is 61.0 Å². The number of nitrogens with zero attached hydrogens (tertiary/aromatic N) is 2. The van der Waals surface area contributed by atoms with Crippen LogP contribution in [0.15, 0.2) is 36.5 Å². The highest BCUT2D eigenvalue weighted by molar-refractivity contribution is 5.93. The smallest absolute Gasteiger partial charge is 0.284 e. The van der Waals surface area contributed by atoms with Gasteiger partial charge in [-0.15, -0.1) is 0 Å². The Morgan fingerprint density at radius 3 is 2.53 bits per heavy atom. The summed E-state index contributed by atoms with van der Waals surface area (Å²) in [6.07, 6.45) is -0.890. The molecule has 4 nitrogen and oxygen atoms in total. The fourth-order valence-corrected chi connectivity index (χ4v) is 3.50. The second-order valence-corrected chi connectivity index (χ2v) is 8.13. The number of fused-ring (bicyclic) bond motifs is 1. The van der Waals surface area contributed by atoms with E-state index >= 15 is 0 Å². The van der Waals surface area contributed by atoms with E-state index in [1.807, 2.05) is 20.8 Å². The first-order valence-electron chi connectivity index (χ1n) is 9.50. The molecule has 0 fully saturated rings. The van der Waals surface area contributed by atoms with Crippen molar-refractivity contribution in [3.05, 3.63) is 53.9 Å². The number of pyridine rings is 2. The molecule has 0 radical (unpaired) electrons. The quantitative estimate of drug-likeness (QED) is 0.501. The van der Waals surface area contributed by atoms with Crippen LogP contribution in [0.5, 0.6) is 5.75 Å². The van der Waals surface area contributed by atoms with Gasteiger partial charge in [-0.3, -0.25) is 4.98 Å². The van der Waals surface area contributed by atoms with Crippen molar-refractivity contribution in [2.24, 2.45) is 11.7 Å². The van der Waals surface area contributed by atoms with E-state index in [0.29, 0.717) is 6.42 Å². The number of rotatable bonds is 7. The van der Waals surface area contributed by atoms with E-state index in [4.69, 9.17) is 10.5 Å². The van der Waals surface area contributed by atoms with Crippen LogP contribution in [0.3, 0.4) is 0 Å². The third-order valence-corrected chi connectivity index (χ3v) is 4.52. The molecular weight excluding hydrogens is 398 g/mol. The zero-order valence-corrected chi connectivity index (χ0v) is 16.9. The van der Waals surface area contributed by atoms with E-state index in [2.05, 4.69) is 9.97 Å². The molecule has 160 valence electrons. The summed E-state index contributed by atoms with van der Waals surface area (Å²) in [4.78, 5) is 7.97. The number of benzene rings is 1. The van der Waals surface area contributed by atoms with E-state index < -0.39 is 29.3 Å². The second-order valence-electron chi connectivity index (χ2n) is 8.13. The Bertz CT molecular complexity index is 1050. The highest BCUT2D eigenvalue weighted by atomic mass is 19.3. The molecule has 3 aromatic rings. The third kappa shape index (κ3) is 5.05. The number of nitrogens with two attached hydrogens (primary N) is 1. The Morgan fingerprint density at radius 1 is 1.13 bits per heavy atom. The minimum absolute atomic E-state index is 0.0130. The largest absolute Gasteiger partial charge is 0.491 e. The zero-order valence-electron chi connectivity index (χ0n) is 16.9. The highest BCUT2D eigenvalue weighted by Gasteiger charge is 2.21. The molecule has 2 heterocycles. The molecule has 1 aromatic carbocycles. The molecule has 0 aliphatic rings. The number of ether oxygens (including phenoxy) is 1. The maximum absolute atomic E-state index is 14.4. The Kier molecular flexibility index (Phi) is 6.26. The molecule has 0 amide bonds. The summed E-state index contributed by atoms with van der Waals surface area (Å²) in [5.74, 6) is -1.61. The SMILES string of the molecule is C[C@H](COc1ccc(-c2ccnc3cc(F)cc(F)c23)nc1C(F)F)CC(C)(C)N. The Hall–Kier alpha value is -2.74. The monoisotopic (exact) mass is 421 g/mol. The van der Waals surface area contributed by atoms with E-state index in [1.165, 1.54) is 24.4 Å². The fraction of sp³-hybridized carbons (Fsp3) is 0.364. The van der Waals surface area contributed by atoms with Gasteiger partial charge in [0.2, 0.25) is 0 Å². The van der Waals surface area contributed by atoms with Gasteiger partial charge in [-0.25, -0.2) is 22.5 Å². The van der Waals surface area contributed by atoms with Crippen molar-refractivity contribution in [1.82, 2.24) is 9.97 Å². The first-order chi connectivity index (χ1) is 14.0. The van der Waals surface area contributed by atoms with Crippen LogP contribution < -0.4 is 10.5 Å². The molecule has 30 heavy (non-hydrogen) atoms. The highest BCUT2D eigenvalue weighted by Crippen LogP contribution is 2.34. The van der Waals surface area contributed by atoms with Crippen molar-refractivity contribution < 1.29 is 22.3 Å². The molecule has 0 bridgehead atoms. The lowest BCUT2D eigenvalue weighted by molar-refractivity contribution is 0.136. The maximum Gasteiger partial charge on any atom is 0.284 e. The minimum Gasteiger partial charge on any atom is -0.491 e. The van der Waals surface area contributed by atoms with Gasteiger partial charge in [0.05, 0.1) is 17.8 Å². The molecule has 2 N–H and O–H groups in total. The van der Waals surface area contributed by atoms with Crippen LogP contribution >= 0.6 is 0 Å². The predicted molar refractivity (Wildman–Crippen MR) is 107 cm³/mol. The average molecular weight is 421 g/mol. The van der Waals surface area contributed by atoms with Gasteiger partial charge < -0.3 is 10.5 Å². The minimum atomic E-state index is -2.89. The summed E-state index contributed by atoms with van der Waals surface area (Å²) in [6, 6.07) is 6.11. The summed E-state index contributed by atoms with van der Waals surface area (Å²) in [5, 5.41) is 0.0130. The van der Waals surface area contributed by atoms with E-state index in [9.17, 15) is 17.6 Å². The van der Waals surface area contributed by atoms with Gasteiger partial charge in [-0.2, -0.15) is 0 Å². The van der Waals surface area contributed by atoms with Gasteiger partial charge in [0.1, 0.15) is 23.1 Å². The molecule has 0 aliphatic carbocycles. The number of aromatic nitrogens is 2. The van der Waals surface area contributed by atoms with Crippen LogP contribution in [-0.2, 0) is 0 Å². The van der Waals surface area contributed by atoms with Crippen LogP contribution in [0.1, 0.15) is 39.3 Å². The lowest BCUT2D eigenvalue weighted by Gasteiger charge is -2.23. The standard InChI is InChI=1S/C22H23F4N3O/c1-12(10-22(2,3)27)11-30-18-5-4-16(29-20(18)21(25)26)14-6-7-28-17-9-13(23)8-15(24)19(14)17/h4-9,12,21H,10-11,27H2,1-3H3/t12-/m0/s1. The first kappa shape index (κ1) is 22.0. The summed E-state index contributed by atoms with van der Waals surface area (Å²) in [7, 11) is 0. The van der Waals surface area contributed by atoms with Gasteiger partial charge in [0, 0.05) is 34.8 Å². The molecule has 0 unspecified atom stereocenters. The molecule has 1 atom stereocenters. The van der Waals surface area contributed by atoms with Crippen molar-refractivity contribution in [3.63, 3.8) is 0 Å². The summed E-state index contributed by atoms with van der Waals surface area (Å²) in [5.41, 5.74) is 5.48. The van der Waals surface area contributed by atoms with E-state index in [-0.39, 0.29) is 40.4 Å². The van der Waals surface area contributed by atoms with Crippen molar-refractivity contribution in [1.29, 1.82) is 0 Å². The van der Waals surface area contributed by atoms with Crippen molar-refractivity contribution in [2.75, 3.05) is 6.61 Å². The Morgan fingerprint density at radius 2 is 1.87 bits per heavy atom. The second kappa shape index (κ2) is 8.55. The van der Waals surface area contributed by atoms with Crippen LogP contribution in [0, 0.1) is 17.6 Å². The molecule has 3 rings (SSSR count). The summed E-state index contributed by atoms with van der Waals surface area (Å²) < 4.78 is 60.8. The van der Waals surface area contributed by atoms with Crippen molar-refractivity contribution in [2.45, 2.75) is 39.2 Å². The molecule has 0 aliphatic heterocycles. The normalized spacial score (nSPS) is 13.1. The fourth-order valence-electron chi connectivity index (χ4n) is 3.50. The van der Waals surface area contributed by atoms with Crippen LogP contribution in [0.25, 0.3) is 22.2 Å². The number of hydrogen-bond donors (Lipinski definition) is 1. The number of alkyl halides is 2. The molecule has 0 saturated carbocycles. The van der Waals surface area contributed by atoms with Gasteiger partial charge >= 0.3 is 0 Å². The molecular formula is C22H23F4N3O. The van der Waals surface area contributed by atoms with Crippen molar-refractivity contribution >= 4 is 10.9 Å². The lowest BCUT2D eigenvalue weighted by atomic mass is 9.93. The van der Waals surface area contributed by atoms with Crippen molar-refractivity contribution in [3.8, 4) is 17.0 Å². The summed E-state index contributed by atoms with van der Waals surface area (Å²) in [6.45, 7) is 5.89. The third-order valence-electron chi connectivity index (χ3n) is 4.52. The molecule has 0 spiro atoms. The Balaban J connectivity index is 1.96. The van der Waals surface area contributed by atoms with Crippen LogP contribution in [-0.4, -0.2) is 22.1 Å². The van der Waals surface area contributed by atoms with E-state index in [0.717, 1.165) is 12.1 Å². The van der Waals surface area contributed by atoms with Gasteiger partial charge in [0.25, 0.3) is 6.43 Å². The zero-order chi connectivity index (χ0) is 22.1. The number of halogens is 4. The molecule has 0 saturated heterocycles.